The standard InChI is InChI=1S/C16H26N2O/c1-3-5-13-6-8-14(9-7-13)15(18-17)12-16(19-2)10-4-11-16/h6-9,15,18H,3-5,10-12,17H2,1-2H3. The highest BCUT2D eigenvalue weighted by atomic mass is 16.5. The van der Waals surface area contributed by atoms with Gasteiger partial charge in [-0.2, -0.15) is 0 Å². The average Bonchev–Trinajstić information content (AvgIpc) is 2.40. The molecule has 3 heteroatoms. The van der Waals surface area contributed by atoms with Crippen LogP contribution in [0.25, 0.3) is 0 Å². The molecule has 1 aliphatic carbocycles. The largest absolute Gasteiger partial charge is 0.378 e. The lowest BCUT2D eigenvalue weighted by Gasteiger charge is -2.42. The van der Waals surface area contributed by atoms with Crippen LogP contribution in [-0.4, -0.2) is 12.7 Å². The summed E-state index contributed by atoms with van der Waals surface area (Å²) < 4.78 is 5.69. The van der Waals surface area contributed by atoms with Crippen molar-refractivity contribution in [2.24, 2.45) is 5.84 Å². The van der Waals surface area contributed by atoms with E-state index in [4.69, 9.17) is 10.6 Å². The smallest absolute Gasteiger partial charge is 0.0697 e. The number of hydrazine groups is 1. The van der Waals surface area contributed by atoms with Gasteiger partial charge in [0.1, 0.15) is 0 Å². The van der Waals surface area contributed by atoms with Crippen molar-refractivity contribution < 1.29 is 4.74 Å². The molecule has 0 radical (unpaired) electrons. The van der Waals surface area contributed by atoms with Crippen molar-refractivity contribution in [1.29, 1.82) is 0 Å². The van der Waals surface area contributed by atoms with E-state index in [0.717, 1.165) is 25.7 Å². The van der Waals surface area contributed by atoms with Crippen LogP contribution in [0.15, 0.2) is 24.3 Å². The number of ether oxygens (including phenoxy) is 1. The lowest BCUT2D eigenvalue weighted by atomic mass is 9.75. The van der Waals surface area contributed by atoms with Crippen molar-refractivity contribution in [3.05, 3.63) is 35.4 Å². The maximum absolute atomic E-state index is 5.74. The Morgan fingerprint density at radius 2 is 2.00 bits per heavy atom. The molecule has 1 fully saturated rings. The summed E-state index contributed by atoms with van der Waals surface area (Å²) in [5, 5.41) is 0. The number of benzene rings is 1. The summed E-state index contributed by atoms with van der Waals surface area (Å²) in [4.78, 5) is 0. The molecule has 0 heterocycles. The molecule has 1 aromatic rings. The zero-order valence-corrected chi connectivity index (χ0v) is 12.1. The minimum absolute atomic E-state index is 0.0408. The predicted molar refractivity (Wildman–Crippen MR) is 78.7 cm³/mol. The van der Waals surface area contributed by atoms with Crippen LogP contribution in [0.2, 0.25) is 0 Å². The second-order valence-electron chi connectivity index (χ2n) is 5.66. The second kappa shape index (κ2) is 6.51. The molecule has 0 saturated heterocycles. The summed E-state index contributed by atoms with van der Waals surface area (Å²) in [6.45, 7) is 2.21. The number of nitrogens with one attached hydrogen (secondary N) is 1. The highest BCUT2D eigenvalue weighted by molar-refractivity contribution is 5.25. The van der Waals surface area contributed by atoms with Gasteiger partial charge in [0.2, 0.25) is 0 Å². The first-order chi connectivity index (χ1) is 9.23. The molecule has 0 amide bonds. The minimum Gasteiger partial charge on any atom is -0.378 e. The molecule has 1 saturated carbocycles. The van der Waals surface area contributed by atoms with E-state index in [9.17, 15) is 0 Å². The molecule has 3 N–H and O–H groups in total. The Hall–Kier alpha value is -0.900. The molecule has 0 bridgehead atoms. The van der Waals surface area contributed by atoms with Crippen LogP contribution in [0.1, 0.15) is 56.2 Å². The predicted octanol–water partition coefficient (Wildman–Crippen LogP) is 3.10. The van der Waals surface area contributed by atoms with Crippen molar-refractivity contribution in [1.82, 2.24) is 5.43 Å². The van der Waals surface area contributed by atoms with Gasteiger partial charge in [0, 0.05) is 13.2 Å². The molecular formula is C16H26N2O. The molecule has 0 spiro atoms. The van der Waals surface area contributed by atoms with E-state index in [2.05, 4.69) is 36.6 Å². The van der Waals surface area contributed by atoms with Crippen LogP contribution in [0, 0.1) is 0 Å². The summed E-state index contributed by atoms with van der Waals surface area (Å²) in [6.07, 6.45) is 6.84. The molecule has 1 aromatic carbocycles. The highest BCUT2D eigenvalue weighted by Crippen LogP contribution is 2.41. The number of rotatable bonds is 7. The van der Waals surface area contributed by atoms with E-state index in [-0.39, 0.29) is 11.6 Å². The molecular weight excluding hydrogens is 236 g/mol. The maximum Gasteiger partial charge on any atom is 0.0697 e. The number of hydrogen-bond acceptors (Lipinski definition) is 3. The van der Waals surface area contributed by atoms with Crippen LogP contribution < -0.4 is 11.3 Å². The van der Waals surface area contributed by atoms with E-state index >= 15 is 0 Å². The second-order valence-corrected chi connectivity index (χ2v) is 5.66. The lowest BCUT2D eigenvalue weighted by Crippen LogP contribution is -2.44. The minimum atomic E-state index is 0.0408. The summed E-state index contributed by atoms with van der Waals surface area (Å²) >= 11 is 0. The van der Waals surface area contributed by atoms with Crippen LogP contribution in [-0.2, 0) is 11.2 Å². The topological polar surface area (TPSA) is 47.3 Å². The van der Waals surface area contributed by atoms with Gasteiger partial charge in [-0.05, 0) is 43.2 Å². The normalized spacial score (nSPS) is 18.9. The van der Waals surface area contributed by atoms with Crippen molar-refractivity contribution in [2.75, 3.05) is 7.11 Å². The molecule has 106 valence electrons. The Labute approximate surface area is 116 Å². The summed E-state index contributed by atoms with van der Waals surface area (Å²) in [5.74, 6) is 5.74. The van der Waals surface area contributed by atoms with Crippen molar-refractivity contribution in [3.8, 4) is 0 Å². The number of hydrogen-bond donors (Lipinski definition) is 2. The fourth-order valence-corrected chi connectivity index (χ4v) is 2.91. The van der Waals surface area contributed by atoms with E-state index in [1.165, 1.54) is 24.0 Å². The van der Waals surface area contributed by atoms with E-state index in [0.29, 0.717) is 0 Å². The lowest BCUT2D eigenvalue weighted by molar-refractivity contribution is -0.0838. The first kappa shape index (κ1) is 14.5. The van der Waals surface area contributed by atoms with Crippen LogP contribution in [0.5, 0.6) is 0 Å². The average molecular weight is 262 g/mol. The van der Waals surface area contributed by atoms with E-state index in [1.54, 1.807) is 0 Å². The fraction of sp³-hybridized carbons (Fsp3) is 0.625. The molecule has 1 unspecified atom stereocenters. The van der Waals surface area contributed by atoms with Crippen molar-refractivity contribution in [2.45, 2.75) is 57.1 Å². The SMILES string of the molecule is CCCc1ccc(C(CC2(OC)CCC2)NN)cc1. The summed E-state index contributed by atoms with van der Waals surface area (Å²) in [5.41, 5.74) is 5.64. The van der Waals surface area contributed by atoms with Crippen LogP contribution >= 0.6 is 0 Å². The van der Waals surface area contributed by atoms with Crippen LogP contribution in [0.4, 0.5) is 0 Å². The molecule has 19 heavy (non-hydrogen) atoms. The van der Waals surface area contributed by atoms with Gasteiger partial charge in [0.15, 0.2) is 0 Å². The maximum atomic E-state index is 5.74. The Kier molecular flexibility index (Phi) is 4.97. The van der Waals surface area contributed by atoms with Crippen molar-refractivity contribution >= 4 is 0 Å². The zero-order valence-electron chi connectivity index (χ0n) is 12.1. The van der Waals surface area contributed by atoms with Gasteiger partial charge in [-0.15, -0.1) is 0 Å². The van der Waals surface area contributed by atoms with Gasteiger partial charge in [-0.3, -0.25) is 11.3 Å². The molecule has 1 atom stereocenters. The third-order valence-electron chi connectivity index (χ3n) is 4.40. The summed E-state index contributed by atoms with van der Waals surface area (Å²) in [7, 11) is 1.82. The number of methoxy groups -OCH3 is 1. The Morgan fingerprint density at radius 3 is 2.42 bits per heavy atom. The van der Waals surface area contributed by atoms with Gasteiger partial charge >= 0.3 is 0 Å². The molecule has 0 aromatic heterocycles. The molecule has 3 nitrogen and oxygen atoms in total. The third-order valence-corrected chi connectivity index (χ3v) is 4.40. The Bertz CT molecular complexity index is 379. The fourth-order valence-electron chi connectivity index (χ4n) is 2.91. The number of aryl methyl sites for hydroxylation is 1. The quantitative estimate of drug-likeness (QED) is 0.586. The zero-order chi connectivity index (χ0) is 13.7. The molecule has 0 aliphatic heterocycles. The van der Waals surface area contributed by atoms with Crippen molar-refractivity contribution in [3.63, 3.8) is 0 Å². The monoisotopic (exact) mass is 262 g/mol. The first-order valence-corrected chi connectivity index (χ1v) is 7.33. The Balaban J connectivity index is 2.04. The first-order valence-electron chi connectivity index (χ1n) is 7.33. The summed E-state index contributed by atoms with van der Waals surface area (Å²) in [6, 6.07) is 8.98. The number of nitrogens with two attached hydrogens (primary N) is 1. The third kappa shape index (κ3) is 3.35. The van der Waals surface area contributed by atoms with Gasteiger partial charge in [-0.25, -0.2) is 0 Å². The van der Waals surface area contributed by atoms with Gasteiger partial charge < -0.3 is 4.74 Å². The highest BCUT2D eigenvalue weighted by Gasteiger charge is 2.39. The van der Waals surface area contributed by atoms with E-state index < -0.39 is 0 Å². The van der Waals surface area contributed by atoms with E-state index in [1.807, 2.05) is 7.11 Å². The Morgan fingerprint density at radius 1 is 1.32 bits per heavy atom. The molecule has 2 rings (SSSR count). The van der Waals surface area contributed by atoms with Gasteiger partial charge in [0.05, 0.1) is 5.60 Å². The molecule has 1 aliphatic rings. The van der Waals surface area contributed by atoms with Crippen LogP contribution in [0.3, 0.4) is 0 Å². The van der Waals surface area contributed by atoms with Gasteiger partial charge in [0.25, 0.3) is 0 Å². The van der Waals surface area contributed by atoms with Gasteiger partial charge in [-0.1, -0.05) is 37.6 Å².